The molecule has 0 aliphatic heterocycles. The Balaban J connectivity index is 2.17. The molecule has 2 aromatic rings. The molecular weight excluding hydrogens is 260 g/mol. The predicted octanol–water partition coefficient (Wildman–Crippen LogP) is 2.40. The molecule has 0 aromatic carbocycles. The van der Waals surface area contributed by atoms with Crippen LogP contribution in [0, 0.1) is 0 Å². The highest BCUT2D eigenvalue weighted by atomic mass is 35.5. The van der Waals surface area contributed by atoms with Gasteiger partial charge in [0.05, 0.1) is 5.69 Å². The highest BCUT2D eigenvalue weighted by Gasteiger charge is 2.15. The molecular formula is C10H9ClN4OS. The van der Waals surface area contributed by atoms with Gasteiger partial charge in [-0.1, -0.05) is 23.0 Å². The van der Waals surface area contributed by atoms with E-state index < -0.39 is 0 Å². The maximum Gasteiger partial charge on any atom is 0.269 e. The van der Waals surface area contributed by atoms with Crippen LogP contribution in [0.4, 0.5) is 5.69 Å². The smallest absolute Gasteiger partial charge is 0.269 e. The molecule has 0 spiro atoms. The Labute approximate surface area is 107 Å². The van der Waals surface area contributed by atoms with Crippen LogP contribution in [0.2, 0.25) is 5.15 Å². The molecule has 0 saturated carbocycles. The number of aromatic nitrogens is 3. The van der Waals surface area contributed by atoms with Crippen molar-refractivity contribution in [3.63, 3.8) is 0 Å². The van der Waals surface area contributed by atoms with Gasteiger partial charge < -0.3 is 5.32 Å². The third-order valence-corrected chi connectivity index (χ3v) is 3.05. The summed E-state index contributed by atoms with van der Waals surface area (Å²) in [5.74, 6) is -0.223. The monoisotopic (exact) mass is 268 g/mol. The minimum atomic E-state index is -0.223. The molecule has 1 amide bonds. The van der Waals surface area contributed by atoms with E-state index in [-0.39, 0.29) is 5.91 Å². The van der Waals surface area contributed by atoms with Gasteiger partial charge in [-0.05, 0) is 30.1 Å². The molecule has 88 valence electrons. The van der Waals surface area contributed by atoms with Gasteiger partial charge in [0, 0.05) is 11.9 Å². The van der Waals surface area contributed by atoms with Gasteiger partial charge in [-0.15, -0.1) is 5.10 Å². The number of halogens is 1. The summed E-state index contributed by atoms with van der Waals surface area (Å²) >= 11 is 6.81. The number of hydrogen-bond donors (Lipinski definition) is 1. The molecule has 2 rings (SSSR count). The average molecular weight is 269 g/mol. The van der Waals surface area contributed by atoms with Gasteiger partial charge in [0.15, 0.2) is 0 Å². The molecule has 5 nitrogen and oxygen atoms in total. The fourth-order valence-corrected chi connectivity index (χ4v) is 2.10. The highest BCUT2D eigenvalue weighted by Crippen LogP contribution is 2.16. The minimum Gasteiger partial charge on any atom is -0.321 e. The molecule has 0 unspecified atom stereocenters. The van der Waals surface area contributed by atoms with Crippen LogP contribution in [0.25, 0.3) is 0 Å². The molecule has 2 aromatic heterocycles. The summed E-state index contributed by atoms with van der Waals surface area (Å²) in [6, 6.07) is 3.25. The Bertz CT molecular complexity index is 543. The van der Waals surface area contributed by atoms with E-state index >= 15 is 0 Å². The molecule has 1 N–H and O–H groups in total. The van der Waals surface area contributed by atoms with Crippen molar-refractivity contribution in [1.82, 2.24) is 14.6 Å². The first-order valence-electron chi connectivity index (χ1n) is 4.95. The Hall–Kier alpha value is -1.53. The van der Waals surface area contributed by atoms with Crippen molar-refractivity contribution < 1.29 is 4.79 Å². The van der Waals surface area contributed by atoms with E-state index in [2.05, 4.69) is 19.9 Å². The van der Waals surface area contributed by atoms with E-state index in [4.69, 9.17) is 11.6 Å². The van der Waals surface area contributed by atoms with Crippen LogP contribution in [0.5, 0.6) is 0 Å². The summed E-state index contributed by atoms with van der Waals surface area (Å²) in [6.07, 6.45) is 2.21. The molecule has 0 bridgehead atoms. The fraction of sp³-hybridized carbons (Fsp3) is 0.200. The SMILES string of the molecule is CCc1nnsc1C(=O)Nc1ccnc(Cl)c1. The first-order valence-corrected chi connectivity index (χ1v) is 6.10. The second-order valence-corrected chi connectivity index (χ2v) is 4.37. The molecule has 0 aliphatic carbocycles. The number of hydrogen-bond acceptors (Lipinski definition) is 5. The zero-order valence-corrected chi connectivity index (χ0v) is 10.5. The summed E-state index contributed by atoms with van der Waals surface area (Å²) in [4.78, 5) is 16.3. The fourth-order valence-electron chi connectivity index (χ4n) is 1.28. The van der Waals surface area contributed by atoms with E-state index in [9.17, 15) is 4.79 Å². The lowest BCUT2D eigenvalue weighted by molar-refractivity contribution is 0.102. The summed E-state index contributed by atoms with van der Waals surface area (Å²) < 4.78 is 3.77. The summed E-state index contributed by atoms with van der Waals surface area (Å²) in [6.45, 7) is 1.93. The van der Waals surface area contributed by atoms with Gasteiger partial charge in [-0.2, -0.15) is 0 Å². The summed E-state index contributed by atoms with van der Waals surface area (Å²) in [7, 11) is 0. The molecule has 7 heteroatoms. The van der Waals surface area contributed by atoms with Crippen LogP contribution in [0.1, 0.15) is 22.3 Å². The number of pyridine rings is 1. The number of nitrogens with one attached hydrogen (secondary N) is 1. The molecule has 0 aliphatic rings. The van der Waals surface area contributed by atoms with E-state index in [1.807, 2.05) is 6.92 Å². The normalized spacial score (nSPS) is 10.2. The van der Waals surface area contributed by atoms with Crippen LogP contribution < -0.4 is 5.32 Å². The zero-order chi connectivity index (χ0) is 12.3. The van der Waals surface area contributed by atoms with Gasteiger partial charge in [0.2, 0.25) is 0 Å². The Morgan fingerprint density at radius 3 is 3.12 bits per heavy atom. The molecule has 0 atom stereocenters. The lowest BCUT2D eigenvalue weighted by atomic mass is 10.3. The maximum atomic E-state index is 11.9. The molecule has 2 heterocycles. The second-order valence-electron chi connectivity index (χ2n) is 3.22. The van der Waals surface area contributed by atoms with E-state index in [1.165, 1.54) is 6.20 Å². The maximum absolute atomic E-state index is 11.9. The number of rotatable bonds is 3. The van der Waals surface area contributed by atoms with Crippen molar-refractivity contribution in [2.75, 3.05) is 5.32 Å². The predicted molar refractivity (Wildman–Crippen MR) is 66.5 cm³/mol. The molecule has 17 heavy (non-hydrogen) atoms. The quantitative estimate of drug-likeness (QED) is 0.868. The van der Waals surface area contributed by atoms with Crippen LogP contribution in [0.15, 0.2) is 18.3 Å². The molecule has 0 fully saturated rings. The first-order chi connectivity index (χ1) is 8.20. The Morgan fingerprint density at radius 2 is 2.41 bits per heavy atom. The first kappa shape index (κ1) is 11.9. The van der Waals surface area contributed by atoms with E-state index in [0.717, 1.165) is 11.5 Å². The van der Waals surface area contributed by atoms with Crippen molar-refractivity contribution in [3.05, 3.63) is 34.1 Å². The van der Waals surface area contributed by atoms with Crippen molar-refractivity contribution in [3.8, 4) is 0 Å². The van der Waals surface area contributed by atoms with Crippen LogP contribution in [-0.2, 0) is 6.42 Å². The minimum absolute atomic E-state index is 0.223. The zero-order valence-electron chi connectivity index (χ0n) is 8.98. The summed E-state index contributed by atoms with van der Waals surface area (Å²) in [5.41, 5.74) is 1.30. The second kappa shape index (κ2) is 5.20. The van der Waals surface area contributed by atoms with Crippen LogP contribution in [-0.4, -0.2) is 20.5 Å². The van der Waals surface area contributed by atoms with E-state index in [1.54, 1.807) is 12.1 Å². The lowest BCUT2D eigenvalue weighted by Gasteiger charge is -2.03. The largest absolute Gasteiger partial charge is 0.321 e. The third kappa shape index (κ3) is 2.78. The standard InChI is InChI=1S/C10H9ClN4OS/c1-2-7-9(17-15-14-7)10(16)13-6-3-4-12-8(11)5-6/h3-5H,2H2,1H3,(H,12,13,16). The van der Waals surface area contributed by atoms with Crippen molar-refractivity contribution in [1.29, 1.82) is 0 Å². The number of nitrogens with zero attached hydrogens (tertiary/aromatic N) is 3. The van der Waals surface area contributed by atoms with Crippen molar-refractivity contribution in [2.45, 2.75) is 13.3 Å². The number of anilines is 1. The van der Waals surface area contributed by atoms with Gasteiger partial charge in [0.1, 0.15) is 10.0 Å². The van der Waals surface area contributed by atoms with E-state index in [0.29, 0.717) is 27.8 Å². The van der Waals surface area contributed by atoms with Gasteiger partial charge in [-0.3, -0.25) is 4.79 Å². The number of aryl methyl sites for hydroxylation is 1. The Morgan fingerprint density at radius 1 is 1.59 bits per heavy atom. The van der Waals surface area contributed by atoms with Crippen LogP contribution in [0.3, 0.4) is 0 Å². The average Bonchev–Trinajstić information content (AvgIpc) is 2.77. The number of carbonyl (C=O) groups is 1. The van der Waals surface area contributed by atoms with Crippen molar-refractivity contribution >= 4 is 34.7 Å². The van der Waals surface area contributed by atoms with Crippen LogP contribution >= 0.6 is 23.1 Å². The van der Waals surface area contributed by atoms with Gasteiger partial charge >= 0.3 is 0 Å². The highest BCUT2D eigenvalue weighted by molar-refractivity contribution is 7.08. The lowest BCUT2D eigenvalue weighted by Crippen LogP contribution is -2.12. The topological polar surface area (TPSA) is 67.8 Å². The van der Waals surface area contributed by atoms with Gasteiger partial charge in [0.25, 0.3) is 5.91 Å². The molecule has 0 radical (unpaired) electrons. The number of amides is 1. The van der Waals surface area contributed by atoms with Gasteiger partial charge in [-0.25, -0.2) is 4.98 Å². The molecule has 0 saturated heterocycles. The Kier molecular flexibility index (Phi) is 3.65. The number of carbonyl (C=O) groups excluding carboxylic acids is 1. The summed E-state index contributed by atoms with van der Waals surface area (Å²) in [5, 5.41) is 6.95. The third-order valence-electron chi connectivity index (χ3n) is 2.08. The van der Waals surface area contributed by atoms with Crippen molar-refractivity contribution in [2.24, 2.45) is 0 Å².